The lowest BCUT2D eigenvalue weighted by Gasteiger charge is -2.41. The highest BCUT2D eigenvalue weighted by atomic mass is 32.2. The van der Waals surface area contributed by atoms with E-state index >= 15 is 0 Å². The van der Waals surface area contributed by atoms with Crippen LogP contribution in [-0.2, 0) is 0 Å². The standard InChI is InChI=1S/C14H27NOS/c1-13(2)5-7-14(16,8-6-13)11-15-12-3-9-17-10-4-12/h12,15-16H,3-11H2,1-2H3. The van der Waals surface area contributed by atoms with Crippen molar-refractivity contribution in [3.05, 3.63) is 0 Å². The van der Waals surface area contributed by atoms with Gasteiger partial charge in [-0.15, -0.1) is 0 Å². The summed E-state index contributed by atoms with van der Waals surface area (Å²) in [6.07, 6.45) is 6.79. The van der Waals surface area contributed by atoms with Crippen LogP contribution in [0.1, 0.15) is 52.4 Å². The summed E-state index contributed by atoms with van der Waals surface area (Å²) in [4.78, 5) is 0. The smallest absolute Gasteiger partial charge is 0.0772 e. The predicted molar refractivity (Wildman–Crippen MR) is 75.5 cm³/mol. The first-order valence-corrected chi connectivity index (χ1v) is 8.18. The minimum atomic E-state index is -0.430. The molecule has 2 fully saturated rings. The van der Waals surface area contributed by atoms with E-state index < -0.39 is 5.60 Å². The van der Waals surface area contributed by atoms with Crippen LogP contribution in [0.3, 0.4) is 0 Å². The Kier molecular flexibility index (Phi) is 4.43. The fraction of sp³-hybridized carbons (Fsp3) is 1.00. The van der Waals surface area contributed by atoms with E-state index in [1.807, 2.05) is 0 Å². The summed E-state index contributed by atoms with van der Waals surface area (Å²) in [6.45, 7) is 5.44. The van der Waals surface area contributed by atoms with Crippen molar-refractivity contribution >= 4 is 11.8 Å². The van der Waals surface area contributed by atoms with Gasteiger partial charge < -0.3 is 10.4 Å². The Labute approximate surface area is 110 Å². The average Bonchev–Trinajstić information content (AvgIpc) is 2.33. The summed E-state index contributed by atoms with van der Waals surface area (Å²) in [7, 11) is 0. The van der Waals surface area contributed by atoms with E-state index in [-0.39, 0.29) is 0 Å². The second-order valence-electron chi connectivity index (χ2n) is 6.66. The molecule has 2 nitrogen and oxygen atoms in total. The molecule has 0 unspecified atom stereocenters. The highest BCUT2D eigenvalue weighted by molar-refractivity contribution is 7.99. The van der Waals surface area contributed by atoms with Crippen molar-refractivity contribution in [2.75, 3.05) is 18.1 Å². The maximum atomic E-state index is 10.6. The van der Waals surface area contributed by atoms with Crippen LogP contribution in [0.4, 0.5) is 0 Å². The molecule has 1 aliphatic carbocycles. The Morgan fingerprint density at radius 1 is 1.12 bits per heavy atom. The molecule has 1 heterocycles. The Morgan fingerprint density at radius 3 is 2.29 bits per heavy atom. The molecule has 0 aromatic rings. The number of rotatable bonds is 3. The zero-order valence-electron chi connectivity index (χ0n) is 11.3. The fourth-order valence-electron chi connectivity index (χ4n) is 2.80. The zero-order valence-corrected chi connectivity index (χ0v) is 12.1. The molecule has 1 aliphatic heterocycles. The van der Waals surface area contributed by atoms with Crippen molar-refractivity contribution in [2.24, 2.45) is 5.41 Å². The summed E-state index contributed by atoms with van der Waals surface area (Å²) in [5.74, 6) is 2.56. The van der Waals surface area contributed by atoms with E-state index in [1.54, 1.807) is 0 Å². The molecule has 0 atom stereocenters. The maximum absolute atomic E-state index is 10.6. The van der Waals surface area contributed by atoms with Crippen molar-refractivity contribution in [3.63, 3.8) is 0 Å². The Balaban J connectivity index is 1.74. The van der Waals surface area contributed by atoms with Gasteiger partial charge in [-0.05, 0) is 55.4 Å². The summed E-state index contributed by atoms with van der Waals surface area (Å²) >= 11 is 2.06. The molecule has 2 N–H and O–H groups in total. The number of thioether (sulfide) groups is 1. The third-order valence-corrected chi connectivity index (χ3v) is 5.52. The van der Waals surface area contributed by atoms with Crippen LogP contribution in [0.5, 0.6) is 0 Å². The lowest BCUT2D eigenvalue weighted by atomic mass is 9.71. The van der Waals surface area contributed by atoms with Gasteiger partial charge in [0.25, 0.3) is 0 Å². The molecule has 0 amide bonds. The summed E-state index contributed by atoms with van der Waals surface area (Å²) < 4.78 is 0. The molecule has 0 aromatic heterocycles. The molecule has 0 bridgehead atoms. The van der Waals surface area contributed by atoms with Gasteiger partial charge in [0.05, 0.1) is 5.60 Å². The van der Waals surface area contributed by atoms with E-state index in [0.717, 1.165) is 32.2 Å². The van der Waals surface area contributed by atoms with Gasteiger partial charge in [-0.25, -0.2) is 0 Å². The summed E-state index contributed by atoms with van der Waals surface area (Å²) in [6, 6.07) is 0.648. The highest BCUT2D eigenvalue weighted by Gasteiger charge is 2.36. The first kappa shape index (κ1) is 13.7. The molecule has 2 rings (SSSR count). The van der Waals surface area contributed by atoms with Crippen molar-refractivity contribution in [1.82, 2.24) is 5.32 Å². The third-order valence-electron chi connectivity index (χ3n) is 4.48. The topological polar surface area (TPSA) is 32.3 Å². The van der Waals surface area contributed by atoms with Crippen LogP contribution >= 0.6 is 11.8 Å². The molecule has 0 spiro atoms. The normalized spacial score (nSPS) is 29.1. The summed E-state index contributed by atoms with van der Waals surface area (Å²) in [5, 5.41) is 14.2. The van der Waals surface area contributed by atoms with Crippen LogP contribution < -0.4 is 5.32 Å². The largest absolute Gasteiger partial charge is 0.389 e. The van der Waals surface area contributed by atoms with E-state index in [0.29, 0.717) is 11.5 Å². The van der Waals surface area contributed by atoms with Crippen LogP contribution in [0.15, 0.2) is 0 Å². The number of aliphatic hydroxyl groups is 1. The van der Waals surface area contributed by atoms with Gasteiger partial charge in [-0.1, -0.05) is 13.8 Å². The van der Waals surface area contributed by atoms with Crippen molar-refractivity contribution in [3.8, 4) is 0 Å². The summed E-state index contributed by atoms with van der Waals surface area (Å²) in [5.41, 5.74) is 0.00776. The Morgan fingerprint density at radius 2 is 1.71 bits per heavy atom. The van der Waals surface area contributed by atoms with Gasteiger partial charge in [0, 0.05) is 12.6 Å². The molecular weight excluding hydrogens is 230 g/mol. The minimum absolute atomic E-state index is 0.430. The lowest BCUT2D eigenvalue weighted by molar-refractivity contribution is -0.0262. The lowest BCUT2D eigenvalue weighted by Crippen LogP contribution is -2.48. The highest BCUT2D eigenvalue weighted by Crippen LogP contribution is 2.39. The monoisotopic (exact) mass is 257 g/mol. The molecule has 1 saturated heterocycles. The van der Waals surface area contributed by atoms with Crippen LogP contribution in [-0.4, -0.2) is 34.8 Å². The van der Waals surface area contributed by atoms with Crippen molar-refractivity contribution < 1.29 is 5.11 Å². The van der Waals surface area contributed by atoms with E-state index in [1.165, 1.54) is 24.3 Å². The van der Waals surface area contributed by atoms with Crippen LogP contribution in [0, 0.1) is 5.41 Å². The van der Waals surface area contributed by atoms with Crippen molar-refractivity contribution in [1.29, 1.82) is 0 Å². The Hall–Kier alpha value is 0.270. The minimum Gasteiger partial charge on any atom is -0.389 e. The van der Waals surface area contributed by atoms with E-state index in [2.05, 4.69) is 30.9 Å². The van der Waals surface area contributed by atoms with E-state index in [9.17, 15) is 5.11 Å². The number of hydrogen-bond donors (Lipinski definition) is 2. The predicted octanol–water partition coefficient (Wildman–Crippen LogP) is 2.80. The molecular formula is C14H27NOS. The molecule has 17 heavy (non-hydrogen) atoms. The zero-order chi connectivity index (χ0) is 12.4. The number of hydrogen-bond acceptors (Lipinski definition) is 3. The maximum Gasteiger partial charge on any atom is 0.0772 e. The first-order valence-electron chi connectivity index (χ1n) is 7.03. The van der Waals surface area contributed by atoms with Gasteiger partial charge >= 0.3 is 0 Å². The van der Waals surface area contributed by atoms with Crippen LogP contribution in [0.25, 0.3) is 0 Å². The quantitative estimate of drug-likeness (QED) is 0.815. The molecule has 1 saturated carbocycles. The molecule has 3 heteroatoms. The molecule has 100 valence electrons. The molecule has 2 aliphatic rings. The second-order valence-corrected chi connectivity index (χ2v) is 7.88. The van der Waals surface area contributed by atoms with Crippen LogP contribution in [0.2, 0.25) is 0 Å². The van der Waals surface area contributed by atoms with E-state index in [4.69, 9.17) is 0 Å². The van der Waals surface area contributed by atoms with Gasteiger partial charge in [0.2, 0.25) is 0 Å². The van der Waals surface area contributed by atoms with Gasteiger partial charge in [0.1, 0.15) is 0 Å². The number of nitrogens with one attached hydrogen (secondary N) is 1. The fourth-order valence-corrected chi connectivity index (χ4v) is 3.91. The second kappa shape index (κ2) is 5.50. The Bertz CT molecular complexity index is 239. The van der Waals surface area contributed by atoms with Gasteiger partial charge in [0.15, 0.2) is 0 Å². The van der Waals surface area contributed by atoms with Crippen molar-refractivity contribution in [2.45, 2.75) is 64.0 Å². The molecule has 0 radical (unpaired) electrons. The van der Waals surface area contributed by atoms with Gasteiger partial charge in [-0.3, -0.25) is 0 Å². The third kappa shape index (κ3) is 4.15. The first-order chi connectivity index (χ1) is 7.99. The molecule has 0 aromatic carbocycles. The SMILES string of the molecule is CC1(C)CCC(O)(CNC2CCSCC2)CC1. The van der Waals surface area contributed by atoms with Gasteiger partial charge in [-0.2, -0.15) is 11.8 Å². The average molecular weight is 257 g/mol.